The third-order valence-electron chi connectivity index (χ3n) is 3.55. The predicted molar refractivity (Wildman–Crippen MR) is 82.4 cm³/mol. The first-order valence-electron chi connectivity index (χ1n) is 7.48. The lowest BCUT2D eigenvalue weighted by atomic mass is 10.1. The van der Waals surface area contributed by atoms with Gasteiger partial charge in [0.15, 0.2) is 6.61 Å². The van der Waals surface area contributed by atoms with Crippen molar-refractivity contribution in [3.63, 3.8) is 0 Å². The highest BCUT2D eigenvalue weighted by atomic mass is 35.5. The fourth-order valence-corrected chi connectivity index (χ4v) is 2.61. The number of halogens is 7. The van der Waals surface area contributed by atoms with Crippen molar-refractivity contribution in [2.24, 2.45) is 5.92 Å². The maximum atomic E-state index is 12.4. The maximum absolute atomic E-state index is 12.4. The molecule has 1 saturated heterocycles. The second-order valence-electron chi connectivity index (χ2n) is 5.82. The largest absolute Gasteiger partial charge is 0.482 e. The highest BCUT2D eigenvalue weighted by Gasteiger charge is 2.40. The Balaban J connectivity index is 2.07. The first-order valence-corrected chi connectivity index (χ1v) is 7.86. The molecule has 1 fully saturated rings. The normalized spacial score (nSPS) is 18.0. The summed E-state index contributed by atoms with van der Waals surface area (Å²) in [4.78, 5) is 24.4. The molecule has 27 heavy (non-hydrogen) atoms. The molecule has 1 aliphatic heterocycles. The number of carbonyl (C=O) groups excluding carboxylic acids is 2. The number of rotatable bonds is 5. The van der Waals surface area contributed by atoms with Gasteiger partial charge in [0.25, 0.3) is 0 Å². The van der Waals surface area contributed by atoms with Gasteiger partial charge in [-0.15, -0.1) is 0 Å². The minimum Gasteiger partial charge on any atom is -0.482 e. The molecule has 1 aromatic rings. The van der Waals surface area contributed by atoms with Gasteiger partial charge in [0, 0.05) is 18.0 Å². The molecule has 12 heteroatoms. The number of benzene rings is 1. The van der Waals surface area contributed by atoms with Gasteiger partial charge in [-0.1, -0.05) is 11.6 Å². The van der Waals surface area contributed by atoms with Crippen LogP contribution in [-0.4, -0.2) is 48.8 Å². The zero-order chi connectivity index (χ0) is 20.4. The van der Waals surface area contributed by atoms with Gasteiger partial charge in [0.05, 0.1) is 11.6 Å². The molecule has 150 valence electrons. The molecule has 1 aliphatic rings. The van der Waals surface area contributed by atoms with Gasteiger partial charge in [-0.2, -0.15) is 26.3 Å². The Morgan fingerprint density at radius 1 is 1.22 bits per heavy atom. The van der Waals surface area contributed by atoms with Gasteiger partial charge in [0.2, 0.25) is 11.8 Å². The van der Waals surface area contributed by atoms with E-state index in [-0.39, 0.29) is 16.5 Å². The molecular weight excluding hydrogens is 406 g/mol. The van der Waals surface area contributed by atoms with E-state index < -0.39 is 56.2 Å². The van der Waals surface area contributed by atoms with E-state index in [2.05, 4.69) is 10.1 Å². The molecular formula is C15H13ClF6N2O3. The third-order valence-corrected chi connectivity index (χ3v) is 3.78. The lowest BCUT2D eigenvalue weighted by molar-refractivity contribution is -0.157. The summed E-state index contributed by atoms with van der Waals surface area (Å²) in [6.07, 6.45) is -9.66. The van der Waals surface area contributed by atoms with Crippen LogP contribution in [0.4, 0.5) is 32.0 Å². The molecule has 0 unspecified atom stereocenters. The molecule has 1 atom stereocenters. The molecule has 0 aromatic heterocycles. The van der Waals surface area contributed by atoms with Crippen LogP contribution in [0.2, 0.25) is 5.02 Å². The lowest BCUT2D eigenvalue weighted by Gasteiger charge is -2.19. The molecule has 0 aliphatic carbocycles. The molecule has 0 radical (unpaired) electrons. The molecule has 1 aromatic carbocycles. The van der Waals surface area contributed by atoms with Crippen molar-refractivity contribution in [2.45, 2.75) is 18.8 Å². The summed E-state index contributed by atoms with van der Waals surface area (Å²) in [6, 6.07) is 3.49. The van der Waals surface area contributed by atoms with Crippen molar-refractivity contribution in [3.8, 4) is 5.75 Å². The Morgan fingerprint density at radius 3 is 2.48 bits per heavy atom. The van der Waals surface area contributed by atoms with E-state index in [9.17, 15) is 35.9 Å². The molecule has 5 nitrogen and oxygen atoms in total. The van der Waals surface area contributed by atoms with Crippen LogP contribution >= 0.6 is 11.6 Å². The van der Waals surface area contributed by atoms with E-state index in [0.717, 1.165) is 12.1 Å². The Morgan fingerprint density at radius 2 is 1.89 bits per heavy atom. The van der Waals surface area contributed by atoms with Gasteiger partial charge in [-0.25, -0.2) is 0 Å². The summed E-state index contributed by atoms with van der Waals surface area (Å²) in [7, 11) is 0. The number of anilines is 1. The standard InChI is InChI=1S/C15H13ClF6N2O3/c16-9-1-2-11(27-7-15(20,21)22)10(4-9)23-13(26)8-3-12(25)24(5-8)6-14(17,18)19/h1-2,4,8H,3,5-7H2,(H,23,26)/t8-/m1/s1. The highest BCUT2D eigenvalue weighted by Crippen LogP contribution is 2.31. The third kappa shape index (κ3) is 6.49. The van der Waals surface area contributed by atoms with Crippen LogP contribution in [0.5, 0.6) is 5.75 Å². The Bertz CT molecular complexity index is 722. The van der Waals surface area contributed by atoms with Crippen molar-refractivity contribution in [3.05, 3.63) is 23.2 Å². The number of hydrogen-bond acceptors (Lipinski definition) is 3. The average molecular weight is 419 g/mol. The Kier molecular flexibility index (Phi) is 6.13. The Hall–Kier alpha value is -2.17. The monoisotopic (exact) mass is 418 g/mol. The fraction of sp³-hybridized carbons (Fsp3) is 0.467. The van der Waals surface area contributed by atoms with E-state index in [1.807, 2.05) is 0 Å². The number of carbonyl (C=O) groups is 2. The molecule has 1 N–H and O–H groups in total. The number of hydrogen-bond donors (Lipinski definition) is 1. The zero-order valence-electron chi connectivity index (χ0n) is 13.5. The number of likely N-dealkylation sites (tertiary alicyclic amines) is 1. The minimum absolute atomic E-state index is 0.0888. The van der Waals surface area contributed by atoms with Crippen LogP contribution in [0.1, 0.15) is 6.42 Å². The molecule has 1 heterocycles. The van der Waals surface area contributed by atoms with Crippen molar-refractivity contribution in [1.82, 2.24) is 4.90 Å². The van der Waals surface area contributed by atoms with Crippen LogP contribution in [0.25, 0.3) is 0 Å². The van der Waals surface area contributed by atoms with E-state index in [4.69, 9.17) is 11.6 Å². The first-order chi connectivity index (χ1) is 12.3. The van der Waals surface area contributed by atoms with Gasteiger partial charge < -0.3 is 15.0 Å². The lowest BCUT2D eigenvalue weighted by Crippen LogP contribution is -2.36. The summed E-state index contributed by atoms with van der Waals surface area (Å²) in [5, 5.41) is 2.35. The van der Waals surface area contributed by atoms with Crippen LogP contribution in [-0.2, 0) is 9.59 Å². The zero-order valence-corrected chi connectivity index (χ0v) is 14.2. The number of ether oxygens (including phenoxy) is 1. The van der Waals surface area contributed by atoms with Crippen LogP contribution < -0.4 is 10.1 Å². The molecule has 2 rings (SSSR count). The van der Waals surface area contributed by atoms with Crippen LogP contribution in [0.15, 0.2) is 18.2 Å². The number of nitrogens with zero attached hydrogens (tertiary/aromatic N) is 1. The number of amides is 2. The summed E-state index contributed by atoms with van der Waals surface area (Å²) in [6.45, 7) is -3.55. The van der Waals surface area contributed by atoms with Crippen molar-refractivity contribution in [2.75, 3.05) is 25.0 Å². The van der Waals surface area contributed by atoms with E-state index in [1.165, 1.54) is 6.07 Å². The van der Waals surface area contributed by atoms with Gasteiger partial charge in [0.1, 0.15) is 12.3 Å². The van der Waals surface area contributed by atoms with E-state index in [0.29, 0.717) is 4.90 Å². The number of nitrogens with one attached hydrogen (secondary N) is 1. The quantitative estimate of drug-likeness (QED) is 0.743. The van der Waals surface area contributed by atoms with E-state index in [1.54, 1.807) is 0 Å². The average Bonchev–Trinajstić information content (AvgIpc) is 2.85. The van der Waals surface area contributed by atoms with Crippen LogP contribution in [0.3, 0.4) is 0 Å². The minimum atomic E-state index is -4.61. The number of alkyl halides is 6. The van der Waals surface area contributed by atoms with Crippen molar-refractivity contribution in [1.29, 1.82) is 0 Å². The highest BCUT2D eigenvalue weighted by molar-refractivity contribution is 6.31. The summed E-state index contributed by atoms with van der Waals surface area (Å²) >= 11 is 5.75. The molecule has 0 saturated carbocycles. The van der Waals surface area contributed by atoms with E-state index >= 15 is 0 Å². The van der Waals surface area contributed by atoms with Crippen LogP contribution in [0, 0.1) is 5.92 Å². The summed E-state index contributed by atoms with van der Waals surface area (Å²) < 4.78 is 78.8. The second-order valence-corrected chi connectivity index (χ2v) is 6.26. The van der Waals surface area contributed by atoms with Gasteiger partial charge >= 0.3 is 12.4 Å². The van der Waals surface area contributed by atoms with Crippen molar-refractivity contribution >= 4 is 29.1 Å². The second kappa shape index (κ2) is 7.83. The summed E-state index contributed by atoms with van der Waals surface area (Å²) in [5.41, 5.74) is -0.182. The molecule has 0 bridgehead atoms. The van der Waals surface area contributed by atoms with Crippen molar-refractivity contribution < 1.29 is 40.7 Å². The smallest absolute Gasteiger partial charge is 0.422 e. The van der Waals surface area contributed by atoms with Gasteiger partial charge in [-0.05, 0) is 18.2 Å². The predicted octanol–water partition coefficient (Wildman–Crippen LogP) is 3.63. The Labute approximate surface area is 154 Å². The SMILES string of the molecule is O=C(Nc1cc(Cl)ccc1OCC(F)(F)F)[C@@H]1CC(=O)N(CC(F)(F)F)C1. The summed E-state index contributed by atoms with van der Waals surface area (Å²) in [5.74, 6) is -3.07. The van der Waals surface area contributed by atoms with Gasteiger partial charge in [-0.3, -0.25) is 9.59 Å². The molecule has 2 amide bonds. The fourth-order valence-electron chi connectivity index (χ4n) is 2.44. The maximum Gasteiger partial charge on any atom is 0.422 e. The molecule has 0 spiro atoms. The topological polar surface area (TPSA) is 58.6 Å². The first kappa shape index (κ1) is 21.1.